The van der Waals surface area contributed by atoms with E-state index < -0.39 is 0 Å². The quantitative estimate of drug-likeness (QED) is 0.458. The number of aromatic nitrogens is 1. The highest BCUT2D eigenvalue weighted by Gasteiger charge is 2.21. The monoisotopic (exact) mass is 481 g/mol. The number of carbonyl (C=O) groups excluding carboxylic acids is 2. The normalized spacial score (nSPS) is 12.5. The second kappa shape index (κ2) is 10.4. The smallest absolute Gasteiger partial charge is 0.242 e. The van der Waals surface area contributed by atoms with E-state index in [4.69, 9.17) is 9.47 Å². The molecule has 0 spiro atoms. The van der Waals surface area contributed by atoms with Gasteiger partial charge in [0.2, 0.25) is 18.6 Å². The third-order valence-electron chi connectivity index (χ3n) is 5.74. The molecule has 0 saturated heterocycles. The van der Waals surface area contributed by atoms with Crippen LogP contribution in [0.4, 0.5) is 0 Å². The van der Waals surface area contributed by atoms with Crippen LogP contribution in [-0.2, 0) is 22.7 Å². The fraction of sp³-hybridized carbons (Fsp3) is 0.385. The summed E-state index contributed by atoms with van der Waals surface area (Å²) in [7, 11) is 0. The highest BCUT2D eigenvalue weighted by atomic mass is 32.2. The molecule has 1 aromatic heterocycles. The summed E-state index contributed by atoms with van der Waals surface area (Å²) in [6.07, 6.45) is 1.98. The number of ether oxygens (including phenoxy) is 2. The molecular weight excluding hydrogens is 450 g/mol. The predicted octanol–water partition coefficient (Wildman–Crippen LogP) is 4.42. The van der Waals surface area contributed by atoms with E-state index >= 15 is 0 Å². The second-order valence-corrected chi connectivity index (χ2v) is 9.90. The first-order valence-electron chi connectivity index (χ1n) is 11.5. The fourth-order valence-corrected chi connectivity index (χ4v) is 5.22. The molecule has 7 nitrogen and oxygen atoms in total. The Morgan fingerprint density at radius 3 is 2.56 bits per heavy atom. The number of nitrogens with zero attached hydrogens (tertiary/aromatic N) is 2. The van der Waals surface area contributed by atoms with Crippen molar-refractivity contribution in [2.45, 2.75) is 57.8 Å². The van der Waals surface area contributed by atoms with Crippen molar-refractivity contribution in [1.29, 1.82) is 0 Å². The molecule has 1 N–H and O–H groups in total. The summed E-state index contributed by atoms with van der Waals surface area (Å²) >= 11 is 1.48. The van der Waals surface area contributed by atoms with Crippen LogP contribution in [0.3, 0.4) is 0 Å². The number of nitrogens with one attached hydrogen (secondary N) is 1. The van der Waals surface area contributed by atoms with E-state index in [9.17, 15) is 9.59 Å². The molecule has 3 aromatic rings. The van der Waals surface area contributed by atoms with Gasteiger partial charge in [-0.05, 0) is 51.5 Å². The lowest BCUT2D eigenvalue weighted by atomic mass is 10.2. The molecule has 8 heteroatoms. The maximum Gasteiger partial charge on any atom is 0.242 e. The lowest BCUT2D eigenvalue weighted by molar-refractivity contribution is -0.135. The molecule has 1 aliphatic rings. The number of hydrogen-bond acceptors (Lipinski definition) is 5. The number of para-hydroxylation sites is 1. The van der Waals surface area contributed by atoms with Gasteiger partial charge in [0.05, 0.1) is 5.75 Å². The summed E-state index contributed by atoms with van der Waals surface area (Å²) in [5, 5.41) is 4.01. The molecular formula is C26H31N3O4S. The molecule has 0 unspecified atom stereocenters. The van der Waals surface area contributed by atoms with Gasteiger partial charge in [-0.15, -0.1) is 11.8 Å². The fourth-order valence-electron chi connectivity index (χ4n) is 4.30. The molecule has 0 aliphatic carbocycles. The standard InChI is InChI=1S/C26H31N3O4S/c1-17(2)29(18(3)4)26(31)14-28-13-24(20-7-5-6-8-21(20)28)34-15-25(30)27-12-19-9-10-22-23(11-19)33-16-32-22/h5-11,13,17-18H,12,14-16H2,1-4H3,(H,27,30). The highest BCUT2D eigenvalue weighted by molar-refractivity contribution is 8.00. The van der Waals surface area contributed by atoms with Crippen LogP contribution in [0.1, 0.15) is 33.3 Å². The van der Waals surface area contributed by atoms with Gasteiger partial charge in [0.1, 0.15) is 6.54 Å². The lowest BCUT2D eigenvalue weighted by Crippen LogP contribution is -2.43. The Hall–Kier alpha value is -3.13. The summed E-state index contributed by atoms with van der Waals surface area (Å²) in [6, 6.07) is 13.9. The number of amides is 2. The van der Waals surface area contributed by atoms with Gasteiger partial charge >= 0.3 is 0 Å². The van der Waals surface area contributed by atoms with E-state index in [1.807, 2.05) is 85.8 Å². The van der Waals surface area contributed by atoms with Crippen molar-refractivity contribution < 1.29 is 19.1 Å². The van der Waals surface area contributed by atoms with Crippen molar-refractivity contribution in [3.05, 3.63) is 54.2 Å². The van der Waals surface area contributed by atoms with Crippen molar-refractivity contribution in [1.82, 2.24) is 14.8 Å². The number of benzene rings is 2. The maximum absolute atomic E-state index is 13.0. The summed E-state index contributed by atoms with van der Waals surface area (Å²) in [4.78, 5) is 28.4. The van der Waals surface area contributed by atoms with Gasteiger partial charge in [-0.25, -0.2) is 0 Å². The molecule has 34 heavy (non-hydrogen) atoms. The van der Waals surface area contributed by atoms with Crippen molar-refractivity contribution >= 4 is 34.5 Å². The molecule has 0 radical (unpaired) electrons. The van der Waals surface area contributed by atoms with Crippen LogP contribution < -0.4 is 14.8 Å². The van der Waals surface area contributed by atoms with E-state index in [0.717, 1.165) is 27.1 Å². The average molecular weight is 482 g/mol. The first-order valence-corrected chi connectivity index (χ1v) is 12.5. The first kappa shape index (κ1) is 24.0. The number of rotatable bonds is 9. The van der Waals surface area contributed by atoms with E-state index in [-0.39, 0.29) is 43.0 Å². The summed E-state index contributed by atoms with van der Waals surface area (Å²) in [6.45, 7) is 9.07. The van der Waals surface area contributed by atoms with Crippen LogP contribution in [0.15, 0.2) is 53.6 Å². The zero-order valence-corrected chi connectivity index (χ0v) is 20.9. The topological polar surface area (TPSA) is 72.8 Å². The van der Waals surface area contributed by atoms with Crippen LogP contribution >= 0.6 is 11.8 Å². The van der Waals surface area contributed by atoms with E-state index in [0.29, 0.717) is 12.3 Å². The molecule has 180 valence electrons. The molecule has 4 rings (SSSR count). The molecule has 2 aromatic carbocycles. The maximum atomic E-state index is 13.0. The van der Waals surface area contributed by atoms with Crippen LogP contribution in [0.2, 0.25) is 0 Å². The molecule has 0 saturated carbocycles. The lowest BCUT2D eigenvalue weighted by Gasteiger charge is -2.31. The van der Waals surface area contributed by atoms with Gasteiger partial charge in [0, 0.05) is 40.6 Å². The van der Waals surface area contributed by atoms with Gasteiger partial charge in [0.15, 0.2) is 11.5 Å². The third kappa shape index (κ3) is 5.33. The van der Waals surface area contributed by atoms with Gasteiger partial charge in [0.25, 0.3) is 0 Å². The number of carbonyl (C=O) groups is 2. The summed E-state index contributed by atoms with van der Waals surface area (Å²) < 4.78 is 12.7. The van der Waals surface area contributed by atoms with Gasteiger partial charge in [-0.3, -0.25) is 9.59 Å². The zero-order valence-electron chi connectivity index (χ0n) is 20.0. The summed E-state index contributed by atoms with van der Waals surface area (Å²) in [5.74, 6) is 1.75. The summed E-state index contributed by atoms with van der Waals surface area (Å²) in [5.41, 5.74) is 1.95. The van der Waals surface area contributed by atoms with Crippen molar-refractivity contribution in [3.8, 4) is 11.5 Å². The minimum atomic E-state index is -0.0543. The minimum absolute atomic E-state index is 0.0543. The minimum Gasteiger partial charge on any atom is -0.454 e. The zero-order chi connectivity index (χ0) is 24.2. The molecule has 1 aliphatic heterocycles. The van der Waals surface area contributed by atoms with Gasteiger partial charge in [-0.2, -0.15) is 0 Å². The Morgan fingerprint density at radius 2 is 1.79 bits per heavy atom. The molecule has 0 fully saturated rings. The van der Waals surface area contributed by atoms with Crippen LogP contribution in [0.25, 0.3) is 10.9 Å². The Bertz CT molecular complexity index is 1180. The Morgan fingerprint density at radius 1 is 1.06 bits per heavy atom. The van der Waals surface area contributed by atoms with Gasteiger partial charge in [-0.1, -0.05) is 24.3 Å². The molecule has 0 bridgehead atoms. The second-order valence-electron chi connectivity index (χ2n) is 8.88. The van der Waals surface area contributed by atoms with Crippen molar-refractivity contribution in [2.24, 2.45) is 0 Å². The van der Waals surface area contributed by atoms with Crippen molar-refractivity contribution in [3.63, 3.8) is 0 Å². The van der Waals surface area contributed by atoms with Gasteiger partial charge < -0.3 is 24.3 Å². The van der Waals surface area contributed by atoms with E-state index in [1.54, 1.807) is 0 Å². The Labute approximate surface area is 204 Å². The van der Waals surface area contributed by atoms with Crippen molar-refractivity contribution in [2.75, 3.05) is 12.5 Å². The SMILES string of the molecule is CC(C)N(C(=O)Cn1cc(SCC(=O)NCc2ccc3c(c2)OCO3)c2ccccc21)C(C)C. The average Bonchev–Trinajstić information content (AvgIpc) is 3.40. The molecule has 0 atom stereocenters. The highest BCUT2D eigenvalue weighted by Crippen LogP contribution is 2.33. The Kier molecular flexibility index (Phi) is 7.36. The molecule has 2 amide bonds. The largest absolute Gasteiger partial charge is 0.454 e. The first-order chi connectivity index (χ1) is 16.3. The number of fused-ring (bicyclic) bond motifs is 2. The van der Waals surface area contributed by atoms with E-state index in [1.165, 1.54) is 11.8 Å². The number of thioether (sulfide) groups is 1. The van der Waals surface area contributed by atoms with Crippen LogP contribution in [0, 0.1) is 0 Å². The number of hydrogen-bond donors (Lipinski definition) is 1. The Balaban J connectivity index is 1.40. The predicted molar refractivity (Wildman–Crippen MR) is 134 cm³/mol. The van der Waals surface area contributed by atoms with Crippen LogP contribution in [0.5, 0.6) is 11.5 Å². The molecule has 2 heterocycles. The van der Waals surface area contributed by atoms with E-state index in [2.05, 4.69) is 5.32 Å². The van der Waals surface area contributed by atoms with Crippen LogP contribution in [-0.4, -0.2) is 45.9 Å². The third-order valence-corrected chi connectivity index (χ3v) is 6.79.